The van der Waals surface area contributed by atoms with Gasteiger partial charge in [0.25, 0.3) is 0 Å². The van der Waals surface area contributed by atoms with Gasteiger partial charge in [-0.3, -0.25) is 0 Å². The predicted molar refractivity (Wildman–Crippen MR) is 50.8 cm³/mol. The van der Waals surface area contributed by atoms with Gasteiger partial charge in [0.2, 0.25) is 0 Å². The lowest BCUT2D eigenvalue weighted by atomic mass is 10.3. The van der Waals surface area contributed by atoms with Crippen LogP contribution < -0.4 is 0 Å². The Morgan fingerprint density at radius 2 is 1.36 bits per heavy atom. The van der Waals surface area contributed by atoms with Crippen molar-refractivity contribution in [1.29, 1.82) is 0 Å². The summed E-state index contributed by atoms with van der Waals surface area (Å²) in [6.07, 6.45) is 7.94. The topological polar surface area (TPSA) is 17.1 Å². The highest BCUT2D eigenvalue weighted by Gasteiger charge is 1.75. The highest BCUT2D eigenvalue weighted by atomic mass is 16.1. The van der Waals surface area contributed by atoms with Crippen LogP contribution in [0.3, 0.4) is 0 Å². The van der Waals surface area contributed by atoms with Crippen molar-refractivity contribution < 1.29 is 4.79 Å². The quantitative estimate of drug-likeness (QED) is 0.441. The van der Waals surface area contributed by atoms with Crippen molar-refractivity contribution >= 4 is 6.29 Å². The second kappa shape index (κ2) is 16.3. The second-order valence-corrected chi connectivity index (χ2v) is 2.66. The normalized spacial score (nSPS) is 8.27. The molecular weight excluding hydrogens is 136 g/mol. The first-order valence-corrected chi connectivity index (χ1v) is 4.77. The smallest absolute Gasteiger partial charge is 0.119 e. The van der Waals surface area contributed by atoms with Crippen LogP contribution in [0, 0.1) is 0 Å². The molecule has 0 aliphatic rings. The lowest BCUT2D eigenvalue weighted by molar-refractivity contribution is -0.107. The van der Waals surface area contributed by atoms with E-state index in [1.807, 2.05) is 0 Å². The van der Waals surface area contributed by atoms with E-state index >= 15 is 0 Å². The average Bonchev–Trinajstić information content (AvgIpc) is 2.04. The van der Waals surface area contributed by atoms with Crippen LogP contribution in [0.15, 0.2) is 0 Å². The van der Waals surface area contributed by atoms with Gasteiger partial charge in [0.05, 0.1) is 0 Å². The number of hydrogen-bond donors (Lipinski definition) is 0. The van der Waals surface area contributed by atoms with E-state index in [0.29, 0.717) is 0 Å². The van der Waals surface area contributed by atoms with E-state index in [4.69, 9.17) is 0 Å². The average molecular weight is 158 g/mol. The maximum absolute atomic E-state index is 9.56. The van der Waals surface area contributed by atoms with E-state index in [1.54, 1.807) is 0 Å². The van der Waals surface area contributed by atoms with Crippen molar-refractivity contribution in [1.82, 2.24) is 0 Å². The molecule has 0 rings (SSSR count). The molecule has 0 atom stereocenters. The van der Waals surface area contributed by atoms with E-state index in [9.17, 15) is 4.79 Å². The molecule has 0 saturated carbocycles. The minimum atomic E-state index is 0.733. The molecule has 0 aliphatic heterocycles. The number of hydrogen-bond acceptors (Lipinski definition) is 1. The summed E-state index contributed by atoms with van der Waals surface area (Å²) in [5.74, 6) is 0. The SMILES string of the molecule is CCCCC.CCCCC=O. The van der Waals surface area contributed by atoms with E-state index in [1.165, 1.54) is 19.3 Å². The van der Waals surface area contributed by atoms with Gasteiger partial charge in [0, 0.05) is 6.42 Å². The van der Waals surface area contributed by atoms with Crippen molar-refractivity contribution in [3.8, 4) is 0 Å². The van der Waals surface area contributed by atoms with Gasteiger partial charge in [-0.2, -0.15) is 0 Å². The van der Waals surface area contributed by atoms with E-state index in [-0.39, 0.29) is 0 Å². The molecular formula is C10H22O. The van der Waals surface area contributed by atoms with Crippen LogP contribution in [-0.2, 0) is 4.79 Å². The summed E-state index contributed by atoms with van der Waals surface area (Å²) in [6, 6.07) is 0. The summed E-state index contributed by atoms with van der Waals surface area (Å²) in [7, 11) is 0. The molecule has 1 heteroatoms. The first-order chi connectivity index (χ1) is 5.33. The molecule has 0 aromatic heterocycles. The Labute approximate surface area is 71.2 Å². The van der Waals surface area contributed by atoms with Crippen LogP contribution in [0.25, 0.3) is 0 Å². The molecule has 0 radical (unpaired) electrons. The molecule has 68 valence electrons. The minimum absolute atomic E-state index is 0.733. The van der Waals surface area contributed by atoms with Crippen LogP contribution in [-0.4, -0.2) is 6.29 Å². The fraction of sp³-hybridized carbons (Fsp3) is 0.900. The molecule has 0 fully saturated rings. The van der Waals surface area contributed by atoms with Crippen molar-refractivity contribution in [2.45, 2.75) is 59.3 Å². The van der Waals surface area contributed by atoms with Gasteiger partial charge in [0.15, 0.2) is 0 Å². The number of unbranched alkanes of at least 4 members (excludes halogenated alkanes) is 4. The van der Waals surface area contributed by atoms with Gasteiger partial charge in [-0.15, -0.1) is 0 Å². The van der Waals surface area contributed by atoms with Crippen LogP contribution >= 0.6 is 0 Å². The number of rotatable bonds is 5. The first kappa shape index (κ1) is 13.3. The van der Waals surface area contributed by atoms with Crippen LogP contribution in [0.5, 0.6) is 0 Å². The maximum Gasteiger partial charge on any atom is 0.119 e. The van der Waals surface area contributed by atoms with Crippen molar-refractivity contribution in [2.24, 2.45) is 0 Å². The van der Waals surface area contributed by atoms with Crippen LogP contribution in [0.2, 0.25) is 0 Å². The molecule has 0 saturated heterocycles. The molecule has 0 aromatic carbocycles. The molecule has 0 N–H and O–H groups in total. The van der Waals surface area contributed by atoms with Gasteiger partial charge in [0.1, 0.15) is 6.29 Å². The minimum Gasteiger partial charge on any atom is -0.303 e. The van der Waals surface area contributed by atoms with Gasteiger partial charge in [-0.1, -0.05) is 46.5 Å². The third-order valence-electron chi connectivity index (χ3n) is 1.38. The summed E-state index contributed by atoms with van der Waals surface area (Å²) >= 11 is 0. The zero-order valence-electron chi connectivity index (χ0n) is 8.23. The predicted octanol–water partition coefficient (Wildman–Crippen LogP) is 3.57. The Morgan fingerprint density at radius 1 is 0.909 bits per heavy atom. The highest BCUT2D eigenvalue weighted by Crippen LogP contribution is 1.88. The Bertz CT molecular complexity index is 57.9. The Morgan fingerprint density at radius 3 is 1.45 bits per heavy atom. The lowest BCUT2D eigenvalue weighted by Crippen LogP contribution is -1.70. The number of carbonyl (C=O) groups excluding carboxylic acids is 1. The Balaban J connectivity index is 0. The largest absolute Gasteiger partial charge is 0.303 e. The molecule has 0 amide bonds. The Kier molecular flexibility index (Phi) is 19.7. The molecule has 0 heterocycles. The molecule has 0 aliphatic carbocycles. The lowest BCUT2D eigenvalue weighted by Gasteiger charge is -1.79. The van der Waals surface area contributed by atoms with Crippen LogP contribution in [0.4, 0.5) is 0 Å². The number of aldehydes is 1. The molecule has 0 spiro atoms. The van der Waals surface area contributed by atoms with Crippen LogP contribution in [0.1, 0.15) is 59.3 Å². The van der Waals surface area contributed by atoms with Gasteiger partial charge in [-0.05, 0) is 6.42 Å². The maximum atomic E-state index is 9.56. The monoisotopic (exact) mass is 158 g/mol. The van der Waals surface area contributed by atoms with Crippen molar-refractivity contribution in [3.05, 3.63) is 0 Å². The third kappa shape index (κ3) is 26.1. The molecule has 1 nitrogen and oxygen atoms in total. The highest BCUT2D eigenvalue weighted by molar-refractivity contribution is 5.48. The molecule has 0 aromatic rings. The zero-order valence-corrected chi connectivity index (χ0v) is 8.23. The van der Waals surface area contributed by atoms with Crippen molar-refractivity contribution in [2.75, 3.05) is 0 Å². The summed E-state index contributed by atoms with van der Waals surface area (Å²) in [5.41, 5.74) is 0. The first-order valence-electron chi connectivity index (χ1n) is 4.77. The van der Waals surface area contributed by atoms with Gasteiger partial charge < -0.3 is 4.79 Å². The fourth-order valence-corrected chi connectivity index (χ4v) is 0.641. The van der Waals surface area contributed by atoms with Crippen molar-refractivity contribution in [3.63, 3.8) is 0 Å². The standard InChI is InChI=1S/C5H10O.C5H12/c1-2-3-4-5-6;1-3-5-4-2/h5H,2-4H2,1H3;3-5H2,1-2H3. The second-order valence-electron chi connectivity index (χ2n) is 2.66. The molecule has 0 bridgehead atoms. The third-order valence-corrected chi connectivity index (χ3v) is 1.38. The number of carbonyl (C=O) groups is 1. The van der Waals surface area contributed by atoms with E-state index in [2.05, 4.69) is 20.8 Å². The summed E-state index contributed by atoms with van der Waals surface area (Å²) in [5, 5.41) is 0. The molecule has 0 unspecified atom stereocenters. The fourth-order valence-electron chi connectivity index (χ4n) is 0.641. The van der Waals surface area contributed by atoms with E-state index < -0.39 is 0 Å². The summed E-state index contributed by atoms with van der Waals surface area (Å²) in [4.78, 5) is 9.56. The summed E-state index contributed by atoms with van der Waals surface area (Å²) < 4.78 is 0. The van der Waals surface area contributed by atoms with Gasteiger partial charge in [-0.25, -0.2) is 0 Å². The molecule has 11 heavy (non-hydrogen) atoms. The Hall–Kier alpha value is -0.330. The van der Waals surface area contributed by atoms with E-state index in [0.717, 1.165) is 25.5 Å². The van der Waals surface area contributed by atoms with Gasteiger partial charge >= 0.3 is 0 Å². The summed E-state index contributed by atoms with van der Waals surface area (Å²) in [6.45, 7) is 6.50. The zero-order chi connectivity index (χ0) is 8.95.